The summed E-state index contributed by atoms with van der Waals surface area (Å²) in [5.41, 5.74) is 0.188. The summed E-state index contributed by atoms with van der Waals surface area (Å²) >= 11 is 0. The van der Waals surface area contributed by atoms with Gasteiger partial charge in [0.1, 0.15) is 17.4 Å². The predicted molar refractivity (Wildman–Crippen MR) is 110 cm³/mol. The van der Waals surface area contributed by atoms with Crippen molar-refractivity contribution in [3.63, 3.8) is 0 Å². The van der Waals surface area contributed by atoms with Crippen LogP contribution in [0.25, 0.3) is 0 Å². The van der Waals surface area contributed by atoms with Crippen molar-refractivity contribution in [1.82, 2.24) is 5.32 Å². The van der Waals surface area contributed by atoms with E-state index >= 15 is 0 Å². The second-order valence-corrected chi connectivity index (χ2v) is 8.77. The average Bonchev–Trinajstić information content (AvgIpc) is 2.65. The normalized spacial score (nSPS) is 17.7. The lowest BCUT2D eigenvalue weighted by molar-refractivity contribution is -0.264. The second kappa shape index (κ2) is 10.1. The van der Waals surface area contributed by atoms with Gasteiger partial charge in [0.15, 0.2) is 5.79 Å². The summed E-state index contributed by atoms with van der Waals surface area (Å²) in [6, 6.07) is 6.49. The number of alkyl carbamates (subject to hydrolysis) is 1. The lowest BCUT2D eigenvalue weighted by atomic mass is 10.1. The van der Waals surface area contributed by atoms with Crippen LogP contribution < -0.4 is 10.1 Å². The van der Waals surface area contributed by atoms with Crippen LogP contribution in [0.3, 0.4) is 0 Å². The molecule has 1 unspecified atom stereocenters. The molecule has 8 nitrogen and oxygen atoms in total. The smallest absolute Gasteiger partial charge is 0.408 e. The van der Waals surface area contributed by atoms with Crippen LogP contribution in [-0.2, 0) is 30.2 Å². The molecular weight excluding hydrogens is 390 g/mol. The zero-order chi connectivity index (χ0) is 22.4. The second-order valence-electron chi connectivity index (χ2n) is 8.77. The Morgan fingerprint density at radius 1 is 1.17 bits per heavy atom. The number of amides is 1. The first kappa shape index (κ1) is 24.0. The quantitative estimate of drug-likeness (QED) is 0.674. The van der Waals surface area contributed by atoms with E-state index in [0.29, 0.717) is 25.6 Å². The Labute approximate surface area is 178 Å². The number of nitrogens with one attached hydrogen (secondary N) is 1. The number of esters is 1. The van der Waals surface area contributed by atoms with Gasteiger partial charge in [0.05, 0.1) is 26.9 Å². The Kier molecular flexibility index (Phi) is 8.09. The highest BCUT2D eigenvalue weighted by molar-refractivity contribution is 5.81. The maximum absolute atomic E-state index is 12.1. The molecule has 0 spiro atoms. The number of hydrogen-bond acceptors (Lipinski definition) is 7. The van der Waals surface area contributed by atoms with Gasteiger partial charge in [0, 0.05) is 12.3 Å². The van der Waals surface area contributed by atoms with Gasteiger partial charge in [-0.2, -0.15) is 0 Å². The van der Waals surface area contributed by atoms with Gasteiger partial charge in [-0.15, -0.1) is 0 Å². The molecule has 1 amide bonds. The molecule has 0 radical (unpaired) electrons. The Hall–Kier alpha value is -2.32. The summed E-state index contributed by atoms with van der Waals surface area (Å²) in [4.78, 5) is 24.1. The van der Waals surface area contributed by atoms with Crippen LogP contribution in [0, 0.1) is 5.92 Å². The maximum atomic E-state index is 12.1. The molecule has 0 aliphatic carbocycles. The zero-order valence-corrected chi connectivity index (χ0v) is 18.7. The van der Waals surface area contributed by atoms with Gasteiger partial charge in [0.25, 0.3) is 0 Å². The van der Waals surface area contributed by atoms with Crippen LogP contribution in [0.4, 0.5) is 4.79 Å². The predicted octanol–water partition coefficient (Wildman–Crippen LogP) is 3.07. The molecule has 0 aromatic heterocycles. The molecule has 2 rings (SSSR count). The first-order valence-electron chi connectivity index (χ1n) is 10.0. The molecule has 168 valence electrons. The van der Waals surface area contributed by atoms with E-state index in [1.165, 1.54) is 7.11 Å². The zero-order valence-electron chi connectivity index (χ0n) is 18.7. The van der Waals surface area contributed by atoms with Crippen molar-refractivity contribution in [2.75, 3.05) is 26.9 Å². The highest BCUT2D eigenvalue weighted by Gasteiger charge is 2.29. The fourth-order valence-corrected chi connectivity index (χ4v) is 2.78. The molecule has 0 bridgehead atoms. The number of carbonyl (C=O) groups is 2. The van der Waals surface area contributed by atoms with E-state index in [2.05, 4.69) is 5.32 Å². The van der Waals surface area contributed by atoms with Gasteiger partial charge in [-0.3, -0.25) is 0 Å². The van der Waals surface area contributed by atoms with E-state index in [4.69, 9.17) is 23.7 Å². The fraction of sp³-hybridized carbons (Fsp3) is 0.636. The molecule has 8 heteroatoms. The van der Waals surface area contributed by atoms with Crippen molar-refractivity contribution in [1.29, 1.82) is 0 Å². The molecule has 1 aromatic rings. The third kappa shape index (κ3) is 8.20. The van der Waals surface area contributed by atoms with Gasteiger partial charge in [-0.05, 0) is 52.3 Å². The lowest BCUT2D eigenvalue weighted by Crippen LogP contribution is -2.45. The maximum Gasteiger partial charge on any atom is 0.408 e. The van der Waals surface area contributed by atoms with Crippen molar-refractivity contribution < 1.29 is 33.3 Å². The third-order valence-corrected chi connectivity index (χ3v) is 4.36. The Morgan fingerprint density at radius 2 is 1.77 bits per heavy atom. The first-order valence-corrected chi connectivity index (χ1v) is 10.0. The summed E-state index contributed by atoms with van der Waals surface area (Å²) in [5, 5.41) is 2.57. The van der Waals surface area contributed by atoms with Gasteiger partial charge in [-0.25, -0.2) is 9.59 Å². The van der Waals surface area contributed by atoms with E-state index < -0.39 is 29.5 Å². The van der Waals surface area contributed by atoms with Crippen molar-refractivity contribution in [2.45, 2.75) is 58.5 Å². The number of hydrogen-bond donors (Lipinski definition) is 1. The van der Waals surface area contributed by atoms with Gasteiger partial charge < -0.3 is 29.0 Å². The third-order valence-electron chi connectivity index (χ3n) is 4.36. The SMILES string of the molecule is COC(=O)C(Cc1ccc(OCC2COC(C)(C)OC2)cc1)NC(=O)OC(C)(C)C. The van der Waals surface area contributed by atoms with Crippen molar-refractivity contribution in [3.05, 3.63) is 29.8 Å². The van der Waals surface area contributed by atoms with E-state index in [1.807, 2.05) is 38.1 Å². The van der Waals surface area contributed by atoms with Crippen molar-refractivity contribution in [2.24, 2.45) is 5.92 Å². The van der Waals surface area contributed by atoms with Crippen LogP contribution >= 0.6 is 0 Å². The monoisotopic (exact) mass is 423 g/mol. The first-order chi connectivity index (χ1) is 14.0. The summed E-state index contributed by atoms with van der Waals surface area (Å²) in [6.07, 6.45) is -0.399. The summed E-state index contributed by atoms with van der Waals surface area (Å²) < 4.78 is 27.1. The summed E-state index contributed by atoms with van der Waals surface area (Å²) in [7, 11) is 1.28. The van der Waals surface area contributed by atoms with E-state index in [0.717, 1.165) is 5.56 Å². The molecule has 1 heterocycles. The highest BCUT2D eigenvalue weighted by atomic mass is 16.7. The topological polar surface area (TPSA) is 92.3 Å². The number of carbonyl (C=O) groups excluding carboxylic acids is 2. The van der Waals surface area contributed by atoms with Crippen molar-refractivity contribution >= 4 is 12.1 Å². The van der Waals surface area contributed by atoms with E-state index in [9.17, 15) is 9.59 Å². The number of methoxy groups -OCH3 is 1. The number of benzene rings is 1. The fourth-order valence-electron chi connectivity index (χ4n) is 2.78. The van der Waals surface area contributed by atoms with Crippen LogP contribution in [0.2, 0.25) is 0 Å². The van der Waals surface area contributed by atoms with Crippen LogP contribution in [-0.4, -0.2) is 56.4 Å². The van der Waals surface area contributed by atoms with Crippen molar-refractivity contribution in [3.8, 4) is 5.75 Å². The molecule has 1 aromatic carbocycles. The largest absolute Gasteiger partial charge is 0.493 e. The molecule has 1 fully saturated rings. The highest BCUT2D eigenvalue weighted by Crippen LogP contribution is 2.22. The minimum absolute atomic E-state index is 0.166. The van der Waals surface area contributed by atoms with E-state index in [1.54, 1.807) is 20.8 Å². The van der Waals surface area contributed by atoms with Crippen LogP contribution in [0.1, 0.15) is 40.2 Å². The van der Waals surface area contributed by atoms with Gasteiger partial charge >= 0.3 is 12.1 Å². The minimum Gasteiger partial charge on any atom is -0.493 e. The molecular formula is C22H33NO7. The minimum atomic E-state index is -0.850. The van der Waals surface area contributed by atoms with E-state index in [-0.39, 0.29) is 12.3 Å². The summed E-state index contributed by atoms with van der Waals surface area (Å²) in [5.74, 6) is -0.207. The van der Waals surface area contributed by atoms with Crippen LogP contribution in [0.15, 0.2) is 24.3 Å². The van der Waals surface area contributed by atoms with Gasteiger partial charge in [0.2, 0.25) is 0 Å². The molecule has 1 atom stereocenters. The summed E-state index contributed by atoms with van der Waals surface area (Å²) in [6.45, 7) is 10.7. The molecule has 1 aliphatic heterocycles. The van der Waals surface area contributed by atoms with Crippen LogP contribution in [0.5, 0.6) is 5.75 Å². The lowest BCUT2D eigenvalue weighted by Gasteiger charge is -2.34. The Bertz CT molecular complexity index is 699. The number of ether oxygens (including phenoxy) is 5. The number of rotatable bonds is 7. The molecule has 1 aliphatic rings. The molecule has 30 heavy (non-hydrogen) atoms. The average molecular weight is 424 g/mol. The molecule has 0 saturated carbocycles. The Balaban J connectivity index is 1.88. The standard InChI is InChI=1S/C22H33NO7/c1-21(2,3)30-20(25)23-18(19(24)26-6)11-15-7-9-17(10-8-15)27-12-16-13-28-22(4,5)29-14-16/h7-10,16,18H,11-14H2,1-6H3,(H,23,25). The Morgan fingerprint density at radius 3 is 2.30 bits per heavy atom. The van der Waals surface area contributed by atoms with Gasteiger partial charge in [-0.1, -0.05) is 12.1 Å². The molecule has 1 N–H and O–H groups in total. The molecule has 1 saturated heterocycles.